The lowest BCUT2D eigenvalue weighted by Gasteiger charge is -2.22. The summed E-state index contributed by atoms with van der Waals surface area (Å²) in [6.07, 6.45) is 0.902. The maximum atomic E-state index is 12.8. The predicted octanol–water partition coefficient (Wildman–Crippen LogP) is 2.73. The van der Waals surface area contributed by atoms with E-state index in [2.05, 4.69) is 5.32 Å². The summed E-state index contributed by atoms with van der Waals surface area (Å²) >= 11 is 0. The van der Waals surface area contributed by atoms with Gasteiger partial charge in [0.15, 0.2) is 6.61 Å². The summed E-state index contributed by atoms with van der Waals surface area (Å²) in [7, 11) is 1.57. The van der Waals surface area contributed by atoms with Gasteiger partial charge in [-0.1, -0.05) is 30.3 Å². The van der Waals surface area contributed by atoms with Crippen molar-refractivity contribution < 1.29 is 19.1 Å². The number of benzene rings is 2. The molecular formula is C22H26N2O4. The molecule has 1 aliphatic rings. The van der Waals surface area contributed by atoms with E-state index >= 15 is 0 Å². The minimum absolute atomic E-state index is 0.0213. The smallest absolute Gasteiger partial charge is 0.257 e. The number of hydrogen-bond donors (Lipinski definition) is 1. The van der Waals surface area contributed by atoms with Crippen LogP contribution in [0, 0.1) is 0 Å². The normalized spacial score (nSPS) is 16.9. The SMILES string of the molecule is CNC(=O)COc1ccccc1-c1ccc(C(=O)N2CCCOC(C)C2)cc1. The van der Waals surface area contributed by atoms with Crippen LogP contribution in [0.1, 0.15) is 23.7 Å². The van der Waals surface area contributed by atoms with Gasteiger partial charge in [-0.2, -0.15) is 0 Å². The number of para-hydroxylation sites is 1. The number of rotatable bonds is 5. The Labute approximate surface area is 165 Å². The average molecular weight is 382 g/mol. The summed E-state index contributed by atoms with van der Waals surface area (Å²) in [6.45, 7) is 3.96. The van der Waals surface area contributed by atoms with Gasteiger partial charge in [0.2, 0.25) is 0 Å². The van der Waals surface area contributed by atoms with Gasteiger partial charge in [-0.25, -0.2) is 0 Å². The molecule has 1 unspecified atom stereocenters. The average Bonchev–Trinajstić information content (AvgIpc) is 2.96. The third-order valence-electron chi connectivity index (χ3n) is 4.71. The molecule has 0 aromatic heterocycles. The third kappa shape index (κ3) is 4.89. The fourth-order valence-corrected chi connectivity index (χ4v) is 3.20. The van der Waals surface area contributed by atoms with Crippen molar-refractivity contribution in [3.05, 3.63) is 54.1 Å². The van der Waals surface area contributed by atoms with Crippen molar-refractivity contribution in [2.45, 2.75) is 19.4 Å². The molecule has 28 heavy (non-hydrogen) atoms. The number of hydrogen-bond acceptors (Lipinski definition) is 4. The fraction of sp³-hybridized carbons (Fsp3) is 0.364. The van der Waals surface area contributed by atoms with Crippen molar-refractivity contribution in [1.29, 1.82) is 0 Å². The van der Waals surface area contributed by atoms with Crippen LogP contribution >= 0.6 is 0 Å². The largest absolute Gasteiger partial charge is 0.483 e. The topological polar surface area (TPSA) is 67.9 Å². The molecule has 1 atom stereocenters. The Balaban J connectivity index is 1.76. The molecule has 1 fully saturated rings. The number of nitrogens with one attached hydrogen (secondary N) is 1. The zero-order chi connectivity index (χ0) is 19.9. The first-order chi connectivity index (χ1) is 13.6. The molecule has 3 rings (SSSR count). The molecule has 2 aromatic carbocycles. The highest BCUT2D eigenvalue weighted by atomic mass is 16.5. The Morgan fingerprint density at radius 2 is 1.93 bits per heavy atom. The van der Waals surface area contributed by atoms with Crippen LogP contribution in [0.2, 0.25) is 0 Å². The van der Waals surface area contributed by atoms with Gasteiger partial charge >= 0.3 is 0 Å². The van der Waals surface area contributed by atoms with Gasteiger partial charge in [0, 0.05) is 37.9 Å². The molecule has 1 saturated heterocycles. The minimum Gasteiger partial charge on any atom is -0.483 e. The fourth-order valence-electron chi connectivity index (χ4n) is 3.20. The highest BCUT2D eigenvalue weighted by Gasteiger charge is 2.21. The van der Waals surface area contributed by atoms with Gasteiger partial charge in [0.05, 0.1) is 6.10 Å². The predicted molar refractivity (Wildman–Crippen MR) is 107 cm³/mol. The van der Waals surface area contributed by atoms with Crippen LogP contribution in [0.5, 0.6) is 5.75 Å². The van der Waals surface area contributed by atoms with E-state index in [4.69, 9.17) is 9.47 Å². The van der Waals surface area contributed by atoms with Crippen LogP contribution < -0.4 is 10.1 Å². The zero-order valence-corrected chi connectivity index (χ0v) is 16.3. The van der Waals surface area contributed by atoms with Crippen molar-refractivity contribution in [2.24, 2.45) is 0 Å². The van der Waals surface area contributed by atoms with Crippen molar-refractivity contribution in [2.75, 3.05) is 33.4 Å². The zero-order valence-electron chi connectivity index (χ0n) is 16.3. The molecule has 1 heterocycles. The van der Waals surface area contributed by atoms with Crippen LogP contribution in [0.3, 0.4) is 0 Å². The van der Waals surface area contributed by atoms with Crippen molar-refractivity contribution in [1.82, 2.24) is 10.2 Å². The molecular weight excluding hydrogens is 356 g/mol. The van der Waals surface area contributed by atoms with Gasteiger partial charge < -0.3 is 19.7 Å². The summed E-state index contributed by atoms with van der Waals surface area (Å²) < 4.78 is 11.3. The van der Waals surface area contributed by atoms with Crippen molar-refractivity contribution >= 4 is 11.8 Å². The summed E-state index contributed by atoms with van der Waals surface area (Å²) in [5.41, 5.74) is 2.46. The van der Waals surface area contributed by atoms with Crippen molar-refractivity contribution in [3.63, 3.8) is 0 Å². The highest BCUT2D eigenvalue weighted by Crippen LogP contribution is 2.30. The van der Waals surface area contributed by atoms with Crippen LogP contribution in [0.15, 0.2) is 48.5 Å². The molecule has 2 amide bonds. The number of carbonyl (C=O) groups is 2. The number of ether oxygens (including phenoxy) is 2. The Bertz CT molecular complexity index is 820. The first kappa shape index (κ1) is 19.9. The molecule has 6 heteroatoms. The van der Waals surface area contributed by atoms with E-state index in [-0.39, 0.29) is 24.5 Å². The lowest BCUT2D eigenvalue weighted by molar-refractivity contribution is -0.122. The molecule has 6 nitrogen and oxygen atoms in total. The summed E-state index contributed by atoms with van der Waals surface area (Å²) in [6, 6.07) is 15.0. The molecule has 1 N–H and O–H groups in total. The number of amides is 2. The van der Waals surface area contributed by atoms with E-state index < -0.39 is 0 Å². The molecule has 0 spiro atoms. The van der Waals surface area contributed by atoms with E-state index in [1.54, 1.807) is 7.05 Å². The van der Waals surface area contributed by atoms with E-state index in [1.807, 2.05) is 60.4 Å². The van der Waals surface area contributed by atoms with Gasteiger partial charge in [-0.05, 0) is 37.1 Å². The summed E-state index contributed by atoms with van der Waals surface area (Å²) in [5.74, 6) is 0.461. The van der Waals surface area contributed by atoms with E-state index in [9.17, 15) is 9.59 Å². The second-order valence-corrected chi connectivity index (χ2v) is 6.82. The van der Waals surface area contributed by atoms with Gasteiger partial charge in [-0.3, -0.25) is 9.59 Å². The van der Waals surface area contributed by atoms with E-state index in [0.29, 0.717) is 31.0 Å². The first-order valence-electron chi connectivity index (χ1n) is 9.52. The molecule has 0 saturated carbocycles. The van der Waals surface area contributed by atoms with Crippen LogP contribution in [-0.4, -0.2) is 56.2 Å². The number of nitrogens with zero attached hydrogens (tertiary/aromatic N) is 1. The molecule has 148 valence electrons. The quantitative estimate of drug-likeness (QED) is 0.863. The van der Waals surface area contributed by atoms with E-state index in [1.165, 1.54) is 0 Å². The molecule has 1 aliphatic heterocycles. The Hall–Kier alpha value is -2.86. The van der Waals surface area contributed by atoms with Gasteiger partial charge in [0.1, 0.15) is 5.75 Å². The van der Waals surface area contributed by atoms with Crippen LogP contribution in [0.4, 0.5) is 0 Å². The van der Waals surface area contributed by atoms with Crippen LogP contribution in [0.25, 0.3) is 11.1 Å². The maximum Gasteiger partial charge on any atom is 0.257 e. The Kier molecular flexibility index (Phi) is 6.66. The summed E-state index contributed by atoms with van der Waals surface area (Å²) in [4.78, 5) is 26.1. The molecule has 0 bridgehead atoms. The maximum absolute atomic E-state index is 12.8. The Morgan fingerprint density at radius 3 is 2.68 bits per heavy atom. The van der Waals surface area contributed by atoms with Crippen LogP contribution in [-0.2, 0) is 9.53 Å². The first-order valence-corrected chi connectivity index (χ1v) is 9.52. The number of likely N-dealkylation sites (N-methyl/N-ethyl adjacent to an activating group) is 1. The Morgan fingerprint density at radius 1 is 1.18 bits per heavy atom. The summed E-state index contributed by atoms with van der Waals surface area (Å²) in [5, 5.41) is 2.54. The third-order valence-corrected chi connectivity index (χ3v) is 4.71. The second-order valence-electron chi connectivity index (χ2n) is 6.82. The van der Waals surface area contributed by atoms with Crippen molar-refractivity contribution in [3.8, 4) is 16.9 Å². The lowest BCUT2D eigenvalue weighted by atomic mass is 10.0. The number of carbonyl (C=O) groups excluding carboxylic acids is 2. The second kappa shape index (κ2) is 9.37. The standard InChI is InChI=1S/C22H26N2O4/c1-16-14-24(12-5-13-27-16)22(26)18-10-8-17(9-11-18)19-6-3-4-7-20(19)28-15-21(25)23-2/h3-4,6-11,16H,5,12-15H2,1-2H3,(H,23,25). The molecule has 0 aliphatic carbocycles. The minimum atomic E-state index is -0.189. The van der Waals surface area contributed by atoms with E-state index in [0.717, 1.165) is 17.5 Å². The lowest BCUT2D eigenvalue weighted by Crippen LogP contribution is -2.35. The van der Waals surface area contributed by atoms with Gasteiger partial charge in [0.25, 0.3) is 11.8 Å². The highest BCUT2D eigenvalue weighted by molar-refractivity contribution is 5.95. The monoisotopic (exact) mass is 382 g/mol. The van der Waals surface area contributed by atoms with Gasteiger partial charge in [-0.15, -0.1) is 0 Å². The molecule has 0 radical (unpaired) electrons. The molecule has 2 aromatic rings.